The molecule has 3 heterocycles. The van der Waals surface area contributed by atoms with Crippen LogP contribution in [0, 0.1) is 0 Å². The number of rotatable bonds is 9. The Balaban J connectivity index is 1.69. The van der Waals surface area contributed by atoms with Crippen LogP contribution in [0.15, 0.2) is 11.1 Å². The Morgan fingerprint density at radius 2 is 1.94 bits per heavy atom. The van der Waals surface area contributed by atoms with E-state index in [-0.39, 0.29) is 12.1 Å². The van der Waals surface area contributed by atoms with Gasteiger partial charge in [-0.3, -0.25) is 14.1 Å². The summed E-state index contributed by atoms with van der Waals surface area (Å²) < 4.78 is 52.3. The molecule has 18 nitrogen and oxygen atoms in total. The van der Waals surface area contributed by atoms with Crippen LogP contribution in [0.5, 0.6) is 0 Å². The quantitative estimate of drug-likeness (QED) is 0.198. The number of aliphatic hydroxyl groups excluding tert-OH is 1. The molecular weight excluding hydrogens is 503 g/mol. The van der Waals surface area contributed by atoms with Crippen molar-refractivity contribution < 1.29 is 56.3 Å². The monoisotopic (exact) mass is 521 g/mol. The first-order valence-corrected chi connectivity index (χ1v) is 13.0. The van der Waals surface area contributed by atoms with E-state index < -0.39 is 54.2 Å². The smallest absolute Gasteiger partial charge is 0.390 e. The van der Waals surface area contributed by atoms with Gasteiger partial charge < -0.3 is 34.7 Å². The predicted molar refractivity (Wildman–Crippen MR) is 102 cm³/mol. The van der Waals surface area contributed by atoms with E-state index in [1.54, 1.807) is 7.05 Å². The summed E-state index contributed by atoms with van der Waals surface area (Å²) in [6.07, 6.45) is -2.18. The first-order chi connectivity index (χ1) is 14.7. The van der Waals surface area contributed by atoms with E-state index in [0.29, 0.717) is 11.3 Å². The van der Waals surface area contributed by atoms with Crippen molar-refractivity contribution in [2.45, 2.75) is 24.9 Å². The number of H-pyrrole nitrogens is 1. The van der Waals surface area contributed by atoms with E-state index in [2.05, 4.69) is 33.4 Å². The molecule has 2 aromatic heterocycles. The van der Waals surface area contributed by atoms with E-state index in [9.17, 15) is 28.5 Å². The van der Waals surface area contributed by atoms with Crippen LogP contribution in [0.4, 0.5) is 5.82 Å². The molecule has 0 bridgehead atoms. The Labute approximate surface area is 177 Å². The number of aliphatic hydroxyl groups is 1. The zero-order valence-corrected chi connectivity index (χ0v) is 18.6. The van der Waals surface area contributed by atoms with Gasteiger partial charge in [0.05, 0.1) is 19.0 Å². The number of hydrogen-bond acceptors (Lipinski definition) is 12. The molecule has 0 aliphatic carbocycles. The topological polar surface area (TPSA) is 265 Å². The van der Waals surface area contributed by atoms with Gasteiger partial charge in [0.2, 0.25) is 0 Å². The summed E-state index contributed by atoms with van der Waals surface area (Å²) in [5.74, 6) is 0.293. The first kappa shape index (κ1) is 25.1. The second kappa shape index (κ2) is 9.02. The van der Waals surface area contributed by atoms with Crippen molar-refractivity contribution in [3.05, 3.63) is 16.8 Å². The molecule has 5 atom stereocenters. The fraction of sp³-hybridized carbons (Fsp3) is 0.545. The molecule has 1 saturated heterocycles. The maximum Gasteiger partial charge on any atom is 0.490 e. The molecule has 180 valence electrons. The first-order valence-electron chi connectivity index (χ1n) is 8.46. The Morgan fingerprint density at radius 3 is 2.56 bits per heavy atom. The molecule has 3 rings (SSSR count). The number of nitrogens with one attached hydrogen (secondary N) is 2. The molecule has 1 fully saturated rings. The van der Waals surface area contributed by atoms with E-state index in [1.165, 1.54) is 10.9 Å². The number of ether oxygens (including phenoxy) is 1. The highest BCUT2D eigenvalue weighted by atomic mass is 31.3. The third-order valence-electron chi connectivity index (χ3n) is 4.03. The van der Waals surface area contributed by atoms with Crippen molar-refractivity contribution in [2.24, 2.45) is 0 Å². The fourth-order valence-corrected chi connectivity index (χ4v) is 5.86. The van der Waals surface area contributed by atoms with Crippen LogP contribution in [-0.2, 0) is 31.6 Å². The summed E-state index contributed by atoms with van der Waals surface area (Å²) in [7, 11) is -15.0. The summed E-state index contributed by atoms with van der Waals surface area (Å²) in [6.45, 7) is -0.830. The molecule has 1 aliphatic rings. The molecule has 0 amide bonds. The van der Waals surface area contributed by atoms with E-state index in [1.807, 2.05) is 0 Å². The number of fused-ring (bicyclic) bond motifs is 1. The summed E-state index contributed by atoms with van der Waals surface area (Å²) in [6, 6.07) is 0. The van der Waals surface area contributed by atoms with Gasteiger partial charge in [0.15, 0.2) is 5.65 Å². The van der Waals surface area contributed by atoms with Crippen LogP contribution in [0.3, 0.4) is 0 Å². The third kappa shape index (κ3) is 6.08. The van der Waals surface area contributed by atoms with Gasteiger partial charge in [-0.15, -0.1) is 0 Å². The second-order valence-corrected chi connectivity index (χ2v) is 10.7. The lowest BCUT2D eigenvalue weighted by atomic mass is 10.2. The van der Waals surface area contributed by atoms with Crippen LogP contribution >= 0.6 is 23.5 Å². The second-order valence-electron chi connectivity index (χ2n) is 6.31. The van der Waals surface area contributed by atoms with Crippen LogP contribution in [0.1, 0.15) is 12.6 Å². The van der Waals surface area contributed by atoms with Crippen molar-refractivity contribution in [3.63, 3.8) is 0 Å². The minimum absolute atomic E-state index is 0.0702. The summed E-state index contributed by atoms with van der Waals surface area (Å²) >= 11 is 0. The molecule has 7 N–H and O–H groups in total. The number of phosphoric ester groups is 1. The van der Waals surface area contributed by atoms with Gasteiger partial charge in [0.1, 0.15) is 23.7 Å². The van der Waals surface area contributed by atoms with Gasteiger partial charge in [-0.2, -0.15) is 13.6 Å². The number of hydrogen-bond donors (Lipinski definition) is 7. The molecule has 0 aromatic carbocycles. The normalized spacial score (nSPS) is 25.5. The molecular formula is C11H18N5O13P3. The lowest BCUT2D eigenvalue weighted by molar-refractivity contribution is -0.0423. The van der Waals surface area contributed by atoms with Crippen LogP contribution in [0.2, 0.25) is 0 Å². The van der Waals surface area contributed by atoms with Gasteiger partial charge in [0, 0.05) is 13.5 Å². The highest BCUT2D eigenvalue weighted by molar-refractivity contribution is 7.66. The predicted octanol–water partition coefficient (Wildman–Crippen LogP) is -0.847. The maximum atomic E-state index is 11.8. The van der Waals surface area contributed by atoms with Crippen molar-refractivity contribution in [3.8, 4) is 0 Å². The standard InChI is InChI=1S/C11H18N5O13P3/c1-12-9-8-10(15-11(18)14-9)16(4-13-8)7-2-5(17)6(27-7)3-26-31(22,23)29-32(24,25)28-30(19,20)21/h4-7,17H,2-3H2,1H3,(H,22,23)(H,24,25)(H2,19,20,21)(H2,12,14,15,18)/t5-,6-,7-/m1/s1. The van der Waals surface area contributed by atoms with Crippen molar-refractivity contribution in [2.75, 3.05) is 19.0 Å². The largest absolute Gasteiger partial charge is 0.490 e. The van der Waals surface area contributed by atoms with E-state index in [4.69, 9.17) is 19.4 Å². The SMILES string of the molecule is CNc1[nH]c(=O)nc2c1ncn2[C@H]1C[C@@H](O)[C@@H](COP(=O)(O)OP(=O)(O)OP(=O)(O)O)O1. The fourth-order valence-electron chi connectivity index (χ4n) is 2.83. The number of nitrogens with zero attached hydrogens (tertiary/aromatic N) is 3. The Bertz CT molecular complexity index is 1190. The number of phosphoric acid groups is 3. The van der Waals surface area contributed by atoms with Gasteiger partial charge in [-0.05, 0) is 0 Å². The van der Waals surface area contributed by atoms with Crippen molar-refractivity contribution in [1.29, 1.82) is 0 Å². The summed E-state index contributed by atoms with van der Waals surface area (Å²) in [5, 5.41) is 12.9. The average Bonchev–Trinajstić information content (AvgIpc) is 3.19. The minimum Gasteiger partial charge on any atom is -0.390 e. The number of aromatic nitrogens is 4. The van der Waals surface area contributed by atoms with Crippen LogP contribution < -0.4 is 11.0 Å². The highest BCUT2D eigenvalue weighted by Gasteiger charge is 2.43. The summed E-state index contributed by atoms with van der Waals surface area (Å²) in [5.41, 5.74) is -0.239. The summed E-state index contributed by atoms with van der Waals surface area (Å²) in [4.78, 5) is 57.8. The number of aromatic amines is 1. The number of imidazole rings is 1. The van der Waals surface area contributed by atoms with Crippen LogP contribution in [-0.4, -0.2) is 70.1 Å². The highest BCUT2D eigenvalue weighted by Crippen LogP contribution is 2.66. The molecule has 32 heavy (non-hydrogen) atoms. The van der Waals surface area contributed by atoms with Crippen molar-refractivity contribution >= 4 is 40.4 Å². The average molecular weight is 521 g/mol. The Kier molecular flexibility index (Phi) is 7.08. The molecule has 0 saturated carbocycles. The lowest BCUT2D eigenvalue weighted by Crippen LogP contribution is -2.26. The molecule has 21 heteroatoms. The van der Waals surface area contributed by atoms with Crippen molar-refractivity contribution in [1.82, 2.24) is 19.5 Å². The van der Waals surface area contributed by atoms with E-state index in [0.717, 1.165) is 0 Å². The van der Waals surface area contributed by atoms with Crippen LogP contribution in [0.25, 0.3) is 11.2 Å². The molecule has 1 aliphatic heterocycles. The maximum absolute atomic E-state index is 11.8. The third-order valence-corrected chi connectivity index (χ3v) is 7.83. The zero-order chi connectivity index (χ0) is 23.9. The lowest BCUT2D eigenvalue weighted by Gasteiger charge is -2.19. The Morgan fingerprint density at radius 1 is 1.25 bits per heavy atom. The van der Waals surface area contributed by atoms with E-state index >= 15 is 0 Å². The molecule has 0 spiro atoms. The molecule has 0 radical (unpaired) electrons. The van der Waals surface area contributed by atoms with Gasteiger partial charge in [-0.25, -0.2) is 23.5 Å². The molecule has 2 aromatic rings. The van der Waals surface area contributed by atoms with Gasteiger partial charge in [-0.1, -0.05) is 0 Å². The zero-order valence-electron chi connectivity index (χ0n) is 15.9. The molecule has 2 unspecified atom stereocenters. The van der Waals surface area contributed by atoms with Gasteiger partial charge in [0.25, 0.3) is 0 Å². The van der Waals surface area contributed by atoms with Gasteiger partial charge >= 0.3 is 29.2 Å². The minimum atomic E-state index is -5.67. The Hall–Kier alpha value is -1.52. The number of anilines is 1.